The van der Waals surface area contributed by atoms with Crippen LogP contribution in [0.2, 0.25) is 5.02 Å². The summed E-state index contributed by atoms with van der Waals surface area (Å²) in [6, 6.07) is 19.6. The van der Waals surface area contributed by atoms with Gasteiger partial charge in [0.2, 0.25) is 0 Å². The van der Waals surface area contributed by atoms with Gasteiger partial charge in [0.05, 0.1) is 11.2 Å². The van der Waals surface area contributed by atoms with Gasteiger partial charge < -0.3 is 0 Å². The summed E-state index contributed by atoms with van der Waals surface area (Å²) >= 11 is 6.05. The molecule has 27 heavy (non-hydrogen) atoms. The number of rotatable bonds is 4. The van der Waals surface area contributed by atoms with E-state index in [4.69, 9.17) is 11.6 Å². The Balaban J connectivity index is 1.38. The first kappa shape index (κ1) is 18.0. The number of piperazine rings is 1. The molecule has 3 aromatic rings. The predicted molar refractivity (Wildman–Crippen MR) is 110 cm³/mol. The van der Waals surface area contributed by atoms with E-state index >= 15 is 0 Å². The van der Waals surface area contributed by atoms with Crippen LogP contribution in [0, 0.1) is 5.82 Å². The molecule has 0 bridgehead atoms. The van der Waals surface area contributed by atoms with E-state index in [9.17, 15) is 4.39 Å². The fourth-order valence-corrected chi connectivity index (χ4v) is 3.67. The zero-order chi connectivity index (χ0) is 18.6. The lowest BCUT2D eigenvalue weighted by molar-refractivity contribution is 0.131. The van der Waals surface area contributed by atoms with E-state index in [1.54, 1.807) is 12.1 Å². The lowest BCUT2D eigenvalue weighted by Crippen LogP contribution is -2.43. The molecule has 138 valence electrons. The van der Waals surface area contributed by atoms with Crippen LogP contribution in [0.5, 0.6) is 0 Å². The number of hydrogen-bond acceptors (Lipinski definition) is 3. The molecule has 1 aliphatic heterocycles. The largest absolute Gasteiger partial charge is 0.295 e. The van der Waals surface area contributed by atoms with Crippen LogP contribution in [0.1, 0.15) is 11.1 Å². The average molecular weight is 382 g/mol. The Hall–Kier alpha value is -2.43. The summed E-state index contributed by atoms with van der Waals surface area (Å²) in [5.74, 6) is -0.346. The second kappa shape index (κ2) is 8.07. The number of hydrogen-bond donors (Lipinski definition) is 0. The van der Waals surface area contributed by atoms with Crippen LogP contribution in [0.25, 0.3) is 10.8 Å². The summed E-state index contributed by atoms with van der Waals surface area (Å²) in [6.07, 6.45) is 1.53. The zero-order valence-corrected chi connectivity index (χ0v) is 15.7. The highest BCUT2D eigenvalue weighted by Crippen LogP contribution is 2.21. The van der Waals surface area contributed by atoms with Crippen molar-refractivity contribution < 1.29 is 4.39 Å². The molecule has 0 radical (unpaired) electrons. The molecule has 4 rings (SSSR count). The average Bonchev–Trinajstić information content (AvgIpc) is 2.69. The van der Waals surface area contributed by atoms with E-state index in [0.29, 0.717) is 10.6 Å². The Kier molecular flexibility index (Phi) is 5.37. The molecule has 0 unspecified atom stereocenters. The summed E-state index contributed by atoms with van der Waals surface area (Å²) < 4.78 is 13.8. The highest BCUT2D eigenvalue weighted by Gasteiger charge is 2.16. The van der Waals surface area contributed by atoms with Gasteiger partial charge in [-0.25, -0.2) is 4.39 Å². The monoisotopic (exact) mass is 381 g/mol. The van der Waals surface area contributed by atoms with Gasteiger partial charge in [-0.2, -0.15) is 5.10 Å². The van der Waals surface area contributed by atoms with Gasteiger partial charge in [0.1, 0.15) is 5.82 Å². The Morgan fingerprint density at radius 2 is 1.67 bits per heavy atom. The third kappa shape index (κ3) is 4.12. The Morgan fingerprint density at radius 3 is 2.48 bits per heavy atom. The minimum absolute atomic E-state index is 0.345. The molecule has 1 heterocycles. The number of fused-ring (bicyclic) bond motifs is 1. The van der Waals surface area contributed by atoms with Crippen LogP contribution in [0.3, 0.4) is 0 Å². The summed E-state index contributed by atoms with van der Waals surface area (Å²) in [5.41, 5.74) is 1.69. The molecular weight excluding hydrogens is 361 g/mol. The van der Waals surface area contributed by atoms with E-state index in [2.05, 4.69) is 52.5 Å². The first-order valence-corrected chi connectivity index (χ1v) is 9.50. The van der Waals surface area contributed by atoms with Crippen LogP contribution in [-0.4, -0.2) is 42.3 Å². The van der Waals surface area contributed by atoms with Crippen molar-refractivity contribution in [3.8, 4) is 0 Å². The molecule has 1 fully saturated rings. The van der Waals surface area contributed by atoms with Crippen LogP contribution >= 0.6 is 11.6 Å². The van der Waals surface area contributed by atoms with E-state index in [1.807, 2.05) is 5.01 Å². The predicted octanol–water partition coefficient (Wildman–Crippen LogP) is 4.78. The zero-order valence-electron chi connectivity index (χ0n) is 15.0. The molecule has 0 N–H and O–H groups in total. The van der Waals surface area contributed by atoms with Crippen LogP contribution in [-0.2, 0) is 6.54 Å². The quantitative estimate of drug-likeness (QED) is 0.605. The maximum atomic E-state index is 13.8. The van der Waals surface area contributed by atoms with Crippen LogP contribution in [0.15, 0.2) is 65.8 Å². The Labute approximate surface area is 163 Å². The van der Waals surface area contributed by atoms with E-state index in [0.717, 1.165) is 32.7 Å². The third-order valence-corrected chi connectivity index (χ3v) is 5.30. The first-order chi connectivity index (χ1) is 13.2. The molecule has 1 aliphatic rings. The fourth-order valence-electron chi connectivity index (χ4n) is 3.46. The minimum atomic E-state index is -0.346. The van der Waals surface area contributed by atoms with Crippen molar-refractivity contribution in [2.24, 2.45) is 5.10 Å². The molecular formula is C22H21ClFN3. The molecule has 0 amide bonds. The van der Waals surface area contributed by atoms with E-state index in [1.165, 1.54) is 28.6 Å². The van der Waals surface area contributed by atoms with Gasteiger partial charge in [-0.1, -0.05) is 60.1 Å². The number of halogens is 2. The fraction of sp³-hybridized carbons (Fsp3) is 0.227. The van der Waals surface area contributed by atoms with Gasteiger partial charge in [-0.05, 0) is 28.5 Å². The van der Waals surface area contributed by atoms with Crippen LogP contribution in [0.4, 0.5) is 4.39 Å². The third-order valence-electron chi connectivity index (χ3n) is 4.97. The van der Waals surface area contributed by atoms with E-state index < -0.39 is 0 Å². The van der Waals surface area contributed by atoms with Crippen molar-refractivity contribution in [2.45, 2.75) is 6.54 Å². The molecule has 0 saturated carbocycles. The normalized spacial score (nSPS) is 15.7. The smallest absolute Gasteiger partial charge is 0.133 e. The highest BCUT2D eigenvalue weighted by atomic mass is 35.5. The molecule has 0 aromatic heterocycles. The molecule has 1 saturated heterocycles. The van der Waals surface area contributed by atoms with Gasteiger partial charge in [0, 0.05) is 38.3 Å². The van der Waals surface area contributed by atoms with Crippen molar-refractivity contribution >= 4 is 28.6 Å². The molecule has 0 aliphatic carbocycles. The molecule has 3 nitrogen and oxygen atoms in total. The van der Waals surface area contributed by atoms with Crippen molar-refractivity contribution in [3.05, 3.63) is 82.6 Å². The van der Waals surface area contributed by atoms with Crippen LogP contribution < -0.4 is 0 Å². The number of benzene rings is 3. The maximum absolute atomic E-state index is 13.8. The van der Waals surface area contributed by atoms with Gasteiger partial charge in [-0.3, -0.25) is 9.91 Å². The second-order valence-corrected chi connectivity index (χ2v) is 7.16. The lowest BCUT2D eigenvalue weighted by atomic mass is 10.0. The molecule has 3 aromatic carbocycles. The second-order valence-electron chi connectivity index (χ2n) is 6.75. The summed E-state index contributed by atoms with van der Waals surface area (Å²) in [5, 5.41) is 9.37. The van der Waals surface area contributed by atoms with Crippen molar-refractivity contribution in [2.75, 3.05) is 26.2 Å². The highest BCUT2D eigenvalue weighted by molar-refractivity contribution is 6.33. The Morgan fingerprint density at radius 1 is 0.926 bits per heavy atom. The molecule has 0 atom stereocenters. The first-order valence-electron chi connectivity index (χ1n) is 9.12. The lowest BCUT2D eigenvalue weighted by Gasteiger charge is -2.33. The molecule has 5 heteroatoms. The van der Waals surface area contributed by atoms with Gasteiger partial charge in [0.15, 0.2) is 0 Å². The van der Waals surface area contributed by atoms with Gasteiger partial charge >= 0.3 is 0 Å². The summed E-state index contributed by atoms with van der Waals surface area (Å²) in [4.78, 5) is 2.43. The maximum Gasteiger partial charge on any atom is 0.133 e. The van der Waals surface area contributed by atoms with Gasteiger partial charge in [-0.15, -0.1) is 0 Å². The standard InChI is InChI=1S/C22H21ClFN3/c23-21-9-4-10-22(24)20(21)15-25-27-13-11-26(12-14-27)16-18-7-3-6-17-5-1-2-8-19(17)18/h1-10,15H,11-14,16H2. The number of nitrogens with zero attached hydrogens (tertiary/aromatic N) is 3. The van der Waals surface area contributed by atoms with Crippen molar-refractivity contribution in [1.29, 1.82) is 0 Å². The summed E-state index contributed by atoms with van der Waals surface area (Å²) in [6.45, 7) is 4.40. The van der Waals surface area contributed by atoms with E-state index in [-0.39, 0.29) is 5.82 Å². The molecule has 0 spiro atoms. The van der Waals surface area contributed by atoms with Gasteiger partial charge in [0.25, 0.3) is 0 Å². The van der Waals surface area contributed by atoms with Crippen molar-refractivity contribution in [3.63, 3.8) is 0 Å². The number of hydrazone groups is 1. The summed E-state index contributed by atoms with van der Waals surface area (Å²) in [7, 11) is 0. The van der Waals surface area contributed by atoms with Crippen molar-refractivity contribution in [1.82, 2.24) is 9.91 Å². The topological polar surface area (TPSA) is 18.8 Å². The Bertz CT molecular complexity index is 939. The SMILES string of the molecule is Fc1cccc(Cl)c1C=NN1CCN(Cc2cccc3ccccc23)CC1. The minimum Gasteiger partial charge on any atom is -0.295 e.